The van der Waals surface area contributed by atoms with Crippen LogP contribution in [0.3, 0.4) is 0 Å². The summed E-state index contributed by atoms with van der Waals surface area (Å²) in [5.41, 5.74) is 2.32. The Morgan fingerprint density at radius 2 is 1.91 bits per heavy atom. The summed E-state index contributed by atoms with van der Waals surface area (Å²) >= 11 is 0. The fraction of sp³-hybridized carbons (Fsp3) is 0.296. The molecule has 1 spiro atoms. The third-order valence-corrected chi connectivity index (χ3v) is 6.44. The molecule has 0 N–H and O–H groups in total. The highest BCUT2D eigenvalue weighted by atomic mass is 16.6. The zero-order valence-electron chi connectivity index (χ0n) is 19.8. The number of ether oxygens (including phenoxy) is 3. The maximum absolute atomic E-state index is 13.6. The predicted octanol–water partition coefficient (Wildman–Crippen LogP) is 4.22. The predicted molar refractivity (Wildman–Crippen MR) is 130 cm³/mol. The van der Waals surface area contributed by atoms with Gasteiger partial charge in [-0.1, -0.05) is 29.8 Å². The van der Waals surface area contributed by atoms with Crippen molar-refractivity contribution in [2.24, 2.45) is 0 Å². The number of rotatable bonds is 6. The van der Waals surface area contributed by atoms with E-state index in [1.54, 1.807) is 41.3 Å². The highest BCUT2D eigenvalue weighted by Crippen LogP contribution is 2.38. The van der Waals surface area contributed by atoms with Crippen molar-refractivity contribution in [3.8, 4) is 11.5 Å². The van der Waals surface area contributed by atoms with E-state index in [2.05, 4.69) is 4.98 Å². The number of aryl methyl sites for hydroxylation is 1. The average molecular weight is 474 g/mol. The van der Waals surface area contributed by atoms with Gasteiger partial charge in [0.1, 0.15) is 6.61 Å². The van der Waals surface area contributed by atoms with E-state index in [4.69, 9.17) is 14.2 Å². The summed E-state index contributed by atoms with van der Waals surface area (Å²) in [7, 11) is 1.54. The zero-order valence-corrected chi connectivity index (χ0v) is 19.8. The number of methoxy groups -OCH3 is 1. The van der Waals surface area contributed by atoms with Crippen molar-refractivity contribution in [1.82, 2.24) is 9.88 Å². The van der Waals surface area contributed by atoms with Crippen LogP contribution in [0.2, 0.25) is 0 Å². The van der Waals surface area contributed by atoms with E-state index in [1.165, 1.54) is 0 Å². The van der Waals surface area contributed by atoms with Gasteiger partial charge < -0.3 is 19.1 Å². The smallest absolute Gasteiger partial charge is 0.415 e. The third kappa shape index (κ3) is 4.51. The Morgan fingerprint density at radius 1 is 1.09 bits per heavy atom. The summed E-state index contributed by atoms with van der Waals surface area (Å²) in [6.07, 6.45) is 1.88. The number of nitrogens with zero attached hydrogens (tertiary/aromatic N) is 3. The first-order valence-electron chi connectivity index (χ1n) is 11.5. The number of amides is 2. The summed E-state index contributed by atoms with van der Waals surface area (Å²) in [4.78, 5) is 33.9. The molecule has 0 saturated carbocycles. The Labute approximate surface area is 204 Å². The summed E-state index contributed by atoms with van der Waals surface area (Å²) in [5, 5.41) is 0. The normalized spacial score (nSPS) is 19.2. The van der Waals surface area contributed by atoms with Gasteiger partial charge in [-0.25, -0.2) is 4.79 Å². The van der Waals surface area contributed by atoms with Crippen LogP contribution < -0.4 is 14.4 Å². The maximum atomic E-state index is 13.6. The molecule has 3 heterocycles. The Morgan fingerprint density at radius 3 is 2.66 bits per heavy atom. The van der Waals surface area contributed by atoms with Crippen molar-refractivity contribution in [1.29, 1.82) is 0 Å². The molecule has 0 radical (unpaired) electrons. The molecule has 2 aliphatic rings. The molecule has 2 saturated heterocycles. The molecule has 5 rings (SSSR count). The van der Waals surface area contributed by atoms with Crippen LogP contribution in [0.5, 0.6) is 11.5 Å². The van der Waals surface area contributed by atoms with Crippen molar-refractivity contribution >= 4 is 17.7 Å². The molecule has 1 atom stereocenters. The molecule has 0 unspecified atom stereocenters. The SMILES string of the molecule is COc1cccc(C(=O)N2CC[C@]3(C2)CN(c2ccc(C)cc2)C(=O)O3)c1OCc1ccccn1. The highest BCUT2D eigenvalue weighted by molar-refractivity contribution is 5.98. The molecular weight excluding hydrogens is 446 g/mol. The van der Waals surface area contributed by atoms with Crippen LogP contribution in [0.1, 0.15) is 28.0 Å². The fourth-order valence-electron chi connectivity index (χ4n) is 4.57. The topological polar surface area (TPSA) is 81.2 Å². The Balaban J connectivity index is 1.33. The first kappa shape index (κ1) is 22.7. The van der Waals surface area contributed by atoms with Gasteiger partial charge in [0.2, 0.25) is 0 Å². The van der Waals surface area contributed by atoms with Crippen LogP contribution in [-0.4, -0.2) is 54.2 Å². The second-order valence-electron chi connectivity index (χ2n) is 8.90. The molecule has 8 heteroatoms. The number of hydrogen-bond donors (Lipinski definition) is 0. The minimum atomic E-state index is -0.731. The number of benzene rings is 2. The molecule has 2 fully saturated rings. The number of carbonyl (C=O) groups excluding carboxylic acids is 2. The van der Waals surface area contributed by atoms with Crippen LogP contribution in [0.4, 0.5) is 10.5 Å². The van der Waals surface area contributed by atoms with Crippen LogP contribution in [0.25, 0.3) is 0 Å². The average Bonchev–Trinajstić information content (AvgIpc) is 3.45. The van der Waals surface area contributed by atoms with Crippen molar-refractivity contribution < 1.29 is 23.8 Å². The van der Waals surface area contributed by atoms with Gasteiger partial charge in [0.15, 0.2) is 17.1 Å². The van der Waals surface area contributed by atoms with Crippen molar-refractivity contribution in [2.45, 2.75) is 25.6 Å². The number of aromatic nitrogens is 1. The van der Waals surface area contributed by atoms with E-state index in [1.807, 2.05) is 49.4 Å². The van der Waals surface area contributed by atoms with Crippen LogP contribution >= 0.6 is 0 Å². The fourth-order valence-corrected chi connectivity index (χ4v) is 4.57. The molecule has 2 aromatic carbocycles. The summed E-state index contributed by atoms with van der Waals surface area (Å²) in [5.74, 6) is 0.650. The second kappa shape index (κ2) is 9.29. The van der Waals surface area contributed by atoms with Crippen LogP contribution in [0, 0.1) is 6.92 Å². The van der Waals surface area contributed by atoms with Crippen molar-refractivity contribution in [3.63, 3.8) is 0 Å². The molecule has 180 valence electrons. The zero-order chi connectivity index (χ0) is 24.4. The van der Waals surface area contributed by atoms with Crippen LogP contribution in [-0.2, 0) is 11.3 Å². The molecular formula is C27H27N3O5. The molecule has 0 bridgehead atoms. The van der Waals surface area contributed by atoms with Gasteiger partial charge in [-0.05, 0) is 43.3 Å². The minimum absolute atomic E-state index is 0.193. The van der Waals surface area contributed by atoms with Gasteiger partial charge in [0.25, 0.3) is 5.91 Å². The van der Waals surface area contributed by atoms with E-state index in [-0.39, 0.29) is 18.6 Å². The number of anilines is 1. The van der Waals surface area contributed by atoms with E-state index in [9.17, 15) is 9.59 Å². The number of hydrogen-bond acceptors (Lipinski definition) is 6. The number of carbonyl (C=O) groups is 2. The molecule has 0 aliphatic carbocycles. The van der Waals surface area contributed by atoms with Gasteiger partial charge in [-0.3, -0.25) is 14.7 Å². The summed E-state index contributed by atoms with van der Waals surface area (Å²) < 4.78 is 17.3. The maximum Gasteiger partial charge on any atom is 0.415 e. The lowest BCUT2D eigenvalue weighted by molar-refractivity contribution is 0.0551. The number of para-hydroxylation sites is 1. The largest absolute Gasteiger partial charge is 0.493 e. The number of pyridine rings is 1. The van der Waals surface area contributed by atoms with Crippen molar-refractivity contribution in [2.75, 3.05) is 31.6 Å². The molecule has 1 aromatic heterocycles. The first-order valence-corrected chi connectivity index (χ1v) is 11.5. The summed E-state index contributed by atoms with van der Waals surface area (Å²) in [6.45, 7) is 3.40. The molecule has 2 amide bonds. The van der Waals surface area contributed by atoms with Gasteiger partial charge in [-0.2, -0.15) is 0 Å². The lowest BCUT2D eigenvalue weighted by Crippen LogP contribution is -2.39. The standard InChI is InChI=1S/C27H27N3O5/c1-19-9-11-21(12-10-19)30-18-27(35-26(30)32)13-15-29(17-27)25(31)22-7-5-8-23(33-2)24(22)34-16-20-6-3-4-14-28-20/h3-12,14H,13,15-18H2,1-2H3/t27-/m0/s1. The first-order chi connectivity index (χ1) is 17.0. The monoisotopic (exact) mass is 473 g/mol. The highest BCUT2D eigenvalue weighted by Gasteiger charge is 2.51. The molecule has 35 heavy (non-hydrogen) atoms. The van der Waals surface area contributed by atoms with Crippen molar-refractivity contribution in [3.05, 3.63) is 83.7 Å². The Hall–Kier alpha value is -4.07. The lowest BCUT2D eigenvalue weighted by atomic mass is 10.0. The Kier molecular flexibility index (Phi) is 6.03. The Bertz CT molecular complexity index is 1230. The van der Waals surface area contributed by atoms with E-state index in [0.717, 1.165) is 16.9 Å². The molecule has 2 aliphatic heterocycles. The molecule has 3 aromatic rings. The quantitative estimate of drug-likeness (QED) is 0.533. The van der Waals surface area contributed by atoms with E-state index in [0.29, 0.717) is 43.1 Å². The van der Waals surface area contributed by atoms with Gasteiger partial charge in [0.05, 0.1) is 31.5 Å². The lowest BCUT2D eigenvalue weighted by Gasteiger charge is -2.23. The third-order valence-electron chi connectivity index (χ3n) is 6.44. The number of likely N-dealkylation sites (tertiary alicyclic amines) is 1. The van der Waals surface area contributed by atoms with Gasteiger partial charge in [-0.15, -0.1) is 0 Å². The van der Waals surface area contributed by atoms with Crippen LogP contribution in [0.15, 0.2) is 66.9 Å². The summed E-state index contributed by atoms with van der Waals surface area (Å²) in [6, 6.07) is 18.6. The minimum Gasteiger partial charge on any atom is -0.493 e. The van der Waals surface area contributed by atoms with Gasteiger partial charge >= 0.3 is 6.09 Å². The van der Waals surface area contributed by atoms with E-state index >= 15 is 0 Å². The van der Waals surface area contributed by atoms with E-state index < -0.39 is 5.60 Å². The molecule has 8 nitrogen and oxygen atoms in total. The van der Waals surface area contributed by atoms with Gasteiger partial charge in [0, 0.05) is 24.8 Å². The second-order valence-corrected chi connectivity index (χ2v) is 8.90.